The summed E-state index contributed by atoms with van der Waals surface area (Å²) < 4.78 is 0. The van der Waals surface area contributed by atoms with E-state index in [4.69, 9.17) is 0 Å². The van der Waals surface area contributed by atoms with E-state index in [1.807, 2.05) is 18.3 Å². The largest absolute Gasteiger partial charge is 0.369 e. The topological polar surface area (TPSA) is 71.0 Å². The van der Waals surface area contributed by atoms with Crippen LogP contribution in [0.4, 0.5) is 5.69 Å². The Hall–Kier alpha value is -2.54. The number of piperidine rings is 1. The molecular formula is C20H23N5OS. The normalized spacial score (nSPS) is 18.4. The Kier molecular flexibility index (Phi) is 5.29. The van der Waals surface area contributed by atoms with Crippen molar-refractivity contribution < 1.29 is 4.79 Å². The molecule has 4 rings (SSSR count). The van der Waals surface area contributed by atoms with E-state index in [1.54, 1.807) is 23.7 Å². The smallest absolute Gasteiger partial charge is 0.225 e. The van der Waals surface area contributed by atoms with Gasteiger partial charge in [-0.1, -0.05) is 13.0 Å². The van der Waals surface area contributed by atoms with Crippen LogP contribution >= 0.6 is 11.3 Å². The van der Waals surface area contributed by atoms with Crippen LogP contribution in [-0.4, -0.2) is 33.9 Å². The van der Waals surface area contributed by atoms with E-state index in [0.29, 0.717) is 12.2 Å². The van der Waals surface area contributed by atoms with Crippen molar-refractivity contribution in [2.75, 3.05) is 18.0 Å². The minimum atomic E-state index is -0.00897. The number of pyridine rings is 1. The third-order valence-corrected chi connectivity index (χ3v) is 6.06. The number of anilines is 1. The van der Waals surface area contributed by atoms with Crippen molar-refractivity contribution >= 4 is 34.1 Å². The molecule has 1 fully saturated rings. The van der Waals surface area contributed by atoms with Gasteiger partial charge in [-0.15, -0.1) is 11.3 Å². The van der Waals surface area contributed by atoms with Crippen LogP contribution < -0.4 is 10.2 Å². The minimum Gasteiger partial charge on any atom is -0.369 e. The Bertz CT molecular complexity index is 914. The van der Waals surface area contributed by atoms with E-state index in [2.05, 4.69) is 43.5 Å². The second kappa shape index (κ2) is 8.00. The van der Waals surface area contributed by atoms with Gasteiger partial charge in [0.15, 0.2) is 5.65 Å². The monoisotopic (exact) mass is 381 g/mol. The first kappa shape index (κ1) is 17.9. The van der Waals surface area contributed by atoms with E-state index in [1.165, 1.54) is 4.88 Å². The molecule has 7 heteroatoms. The number of fused-ring (bicyclic) bond motifs is 1. The molecule has 1 amide bonds. The number of thiophene rings is 1. The second-order valence-electron chi connectivity index (χ2n) is 6.86. The molecule has 4 heterocycles. The van der Waals surface area contributed by atoms with Gasteiger partial charge in [0.05, 0.1) is 23.8 Å². The molecule has 0 aromatic carbocycles. The van der Waals surface area contributed by atoms with Crippen LogP contribution in [0.2, 0.25) is 0 Å². The fourth-order valence-electron chi connectivity index (χ4n) is 3.60. The Balaban J connectivity index is 1.46. The van der Waals surface area contributed by atoms with Gasteiger partial charge < -0.3 is 10.2 Å². The number of nitrogens with zero attached hydrogens (tertiary/aromatic N) is 4. The van der Waals surface area contributed by atoms with Crippen molar-refractivity contribution in [3.63, 3.8) is 0 Å². The van der Waals surface area contributed by atoms with Crippen LogP contribution in [0.3, 0.4) is 0 Å². The maximum Gasteiger partial charge on any atom is 0.225 e. The lowest BCUT2D eigenvalue weighted by Crippen LogP contribution is -2.44. The molecule has 27 heavy (non-hydrogen) atoms. The van der Waals surface area contributed by atoms with Crippen LogP contribution in [0.15, 0.2) is 42.2 Å². The Morgan fingerprint density at radius 1 is 1.37 bits per heavy atom. The maximum absolute atomic E-state index is 12.9. The summed E-state index contributed by atoms with van der Waals surface area (Å²) in [5.41, 5.74) is 2.44. The lowest BCUT2D eigenvalue weighted by molar-refractivity contribution is -0.126. The molecule has 0 radical (unpaired) electrons. The maximum atomic E-state index is 12.9. The van der Waals surface area contributed by atoms with E-state index < -0.39 is 0 Å². The summed E-state index contributed by atoms with van der Waals surface area (Å²) in [6.45, 7) is 3.75. The lowest BCUT2D eigenvalue weighted by Gasteiger charge is -2.34. The number of hydrogen-bond donors (Lipinski definition) is 1. The highest BCUT2D eigenvalue weighted by Gasteiger charge is 2.28. The zero-order valence-electron chi connectivity index (χ0n) is 15.3. The number of aromatic nitrogens is 3. The highest BCUT2D eigenvalue weighted by molar-refractivity contribution is 7.10. The molecule has 0 spiro atoms. The summed E-state index contributed by atoms with van der Waals surface area (Å²) in [6.07, 6.45) is 7.97. The molecule has 140 valence electrons. The Morgan fingerprint density at radius 2 is 2.26 bits per heavy atom. The van der Waals surface area contributed by atoms with Gasteiger partial charge in [-0.3, -0.25) is 9.78 Å². The van der Waals surface area contributed by atoms with Gasteiger partial charge in [0, 0.05) is 30.4 Å². The molecular weight excluding hydrogens is 358 g/mol. The van der Waals surface area contributed by atoms with Gasteiger partial charge in [0.2, 0.25) is 5.91 Å². The number of carbonyl (C=O) groups excluding carboxylic acids is 1. The van der Waals surface area contributed by atoms with E-state index in [0.717, 1.165) is 37.0 Å². The summed E-state index contributed by atoms with van der Waals surface area (Å²) in [7, 11) is 0. The van der Waals surface area contributed by atoms with Crippen molar-refractivity contribution in [2.45, 2.75) is 32.2 Å². The fraction of sp³-hybridized carbons (Fsp3) is 0.400. The predicted molar refractivity (Wildman–Crippen MR) is 108 cm³/mol. The molecule has 0 unspecified atom stereocenters. The molecule has 1 aliphatic heterocycles. The van der Waals surface area contributed by atoms with E-state index >= 15 is 0 Å². The number of amides is 1. The highest BCUT2D eigenvalue weighted by Crippen LogP contribution is 2.26. The average molecular weight is 382 g/mol. The van der Waals surface area contributed by atoms with Crippen molar-refractivity contribution in [3.8, 4) is 0 Å². The van der Waals surface area contributed by atoms with Gasteiger partial charge in [-0.05, 0) is 36.8 Å². The first-order valence-corrected chi connectivity index (χ1v) is 10.3. The number of carbonyl (C=O) groups is 1. The van der Waals surface area contributed by atoms with Crippen LogP contribution in [-0.2, 0) is 4.79 Å². The van der Waals surface area contributed by atoms with Gasteiger partial charge >= 0.3 is 0 Å². The molecule has 1 N–H and O–H groups in total. The standard InChI is InChI=1S/C20H23N5OS/c1-2-16(18-6-4-10-27-18)24-20(26)14-5-3-9-25(13-14)15-11-17-19(23-12-15)22-8-7-21-17/h4,6-8,10-12,14,16H,2-3,5,9,13H2,1H3,(H,24,26)/t14-,16+/m1/s1. The zero-order valence-corrected chi connectivity index (χ0v) is 16.2. The predicted octanol–water partition coefficient (Wildman–Crippen LogP) is 3.57. The number of rotatable bonds is 5. The van der Waals surface area contributed by atoms with Crippen LogP contribution in [0.5, 0.6) is 0 Å². The van der Waals surface area contributed by atoms with Gasteiger partial charge in [-0.2, -0.15) is 0 Å². The molecule has 0 saturated carbocycles. The van der Waals surface area contributed by atoms with Gasteiger partial charge in [0.25, 0.3) is 0 Å². The van der Waals surface area contributed by atoms with Crippen LogP contribution in [0.1, 0.15) is 37.1 Å². The highest BCUT2D eigenvalue weighted by atomic mass is 32.1. The van der Waals surface area contributed by atoms with E-state index in [9.17, 15) is 4.79 Å². The number of hydrogen-bond acceptors (Lipinski definition) is 6. The van der Waals surface area contributed by atoms with Gasteiger partial charge in [0.1, 0.15) is 5.52 Å². The molecule has 3 aromatic rings. The summed E-state index contributed by atoms with van der Waals surface area (Å²) in [6, 6.07) is 6.24. The molecule has 3 aromatic heterocycles. The quantitative estimate of drug-likeness (QED) is 0.732. The molecule has 0 bridgehead atoms. The number of nitrogens with one attached hydrogen (secondary N) is 1. The lowest BCUT2D eigenvalue weighted by atomic mass is 9.96. The van der Waals surface area contributed by atoms with Crippen LogP contribution in [0, 0.1) is 5.92 Å². The fourth-order valence-corrected chi connectivity index (χ4v) is 4.46. The summed E-state index contributed by atoms with van der Waals surface area (Å²) in [5, 5.41) is 5.30. The SMILES string of the molecule is CC[C@H](NC(=O)[C@@H]1CCCN(c2cnc3nccnc3c2)C1)c1cccs1. The molecule has 0 aliphatic carbocycles. The van der Waals surface area contributed by atoms with Gasteiger partial charge in [-0.25, -0.2) is 9.97 Å². The third kappa shape index (κ3) is 3.93. The van der Waals surface area contributed by atoms with Crippen molar-refractivity contribution in [2.24, 2.45) is 5.92 Å². The summed E-state index contributed by atoms with van der Waals surface area (Å²) >= 11 is 1.70. The first-order chi connectivity index (χ1) is 13.2. The Morgan fingerprint density at radius 3 is 3.07 bits per heavy atom. The molecule has 6 nitrogen and oxygen atoms in total. The Labute approximate surface area is 162 Å². The second-order valence-corrected chi connectivity index (χ2v) is 7.84. The third-order valence-electron chi connectivity index (χ3n) is 5.08. The van der Waals surface area contributed by atoms with Crippen molar-refractivity contribution in [1.82, 2.24) is 20.3 Å². The van der Waals surface area contributed by atoms with Crippen molar-refractivity contribution in [3.05, 3.63) is 47.0 Å². The molecule has 1 saturated heterocycles. The van der Waals surface area contributed by atoms with Crippen molar-refractivity contribution in [1.29, 1.82) is 0 Å². The minimum absolute atomic E-state index is 0.00897. The first-order valence-electron chi connectivity index (χ1n) is 9.40. The molecule has 1 aliphatic rings. The summed E-state index contributed by atoms with van der Waals surface area (Å²) in [5.74, 6) is 0.138. The zero-order chi connectivity index (χ0) is 18.6. The summed E-state index contributed by atoms with van der Waals surface area (Å²) in [4.78, 5) is 29.3. The average Bonchev–Trinajstić information content (AvgIpc) is 3.26. The van der Waals surface area contributed by atoms with Crippen LogP contribution in [0.25, 0.3) is 11.2 Å². The molecule has 2 atom stereocenters. The van der Waals surface area contributed by atoms with E-state index in [-0.39, 0.29) is 17.9 Å².